The van der Waals surface area contributed by atoms with Crippen LogP contribution < -0.4 is 15.2 Å². The first-order valence-corrected chi connectivity index (χ1v) is 9.78. The average Bonchev–Trinajstić information content (AvgIpc) is 2.68. The molecular formula is C21H28N2O3. The van der Waals surface area contributed by atoms with Crippen LogP contribution in [0.4, 0.5) is 0 Å². The van der Waals surface area contributed by atoms with Crippen LogP contribution in [0.5, 0.6) is 11.5 Å². The Labute approximate surface area is 154 Å². The Balaban J connectivity index is 1.57. The van der Waals surface area contributed by atoms with Gasteiger partial charge in [-0.25, -0.2) is 0 Å². The van der Waals surface area contributed by atoms with Crippen molar-refractivity contribution in [2.45, 2.75) is 44.6 Å². The molecule has 5 nitrogen and oxygen atoms in total. The van der Waals surface area contributed by atoms with Crippen molar-refractivity contribution < 1.29 is 14.6 Å². The minimum Gasteiger partial charge on any atom is -0.493 e. The van der Waals surface area contributed by atoms with Crippen LogP contribution in [0.25, 0.3) is 10.9 Å². The second-order valence-corrected chi connectivity index (χ2v) is 7.66. The number of aliphatic hydroxyl groups is 1. The van der Waals surface area contributed by atoms with Crippen LogP contribution >= 0.6 is 0 Å². The zero-order chi connectivity index (χ0) is 17.9. The molecule has 0 saturated heterocycles. The molecule has 4 rings (SSSR count). The summed E-state index contributed by atoms with van der Waals surface area (Å²) in [5, 5.41) is 10.1. The Kier molecular flexibility index (Phi) is 5.27. The molecule has 1 unspecified atom stereocenters. The number of hydrogen-bond acceptors (Lipinski definition) is 5. The van der Waals surface area contributed by atoms with Crippen molar-refractivity contribution in [2.24, 2.45) is 17.6 Å². The summed E-state index contributed by atoms with van der Waals surface area (Å²) in [6, 6.07) is 6.41. The van der Waals surface area contributed by atoms with Crippen molar-refractivity contribution in [3.05, 3.63) is 30.0 Å². The summed E-state index contributed by atoms with van der Waals surface area (Å²) < 4.78 is 11.9. The smallest absolute Gasteiger partial charge is 0.141 e. The van der Waals surface area contributed by atoms with E-state index in [1.807, 2.05) is 18.3 Å². The molecular weight excluding hydrogens is 328 g/mol. The van der Waals surface area contributed by atoms with Crippen molar-refractivity contribution in [3.8, 4) is 11.5 Å². The fourth-order valence-corrected chi connectivity index (χ4v) is 4.32. The summed E-state index contributed by atoms with van der Waals surface area (Å²) in [5.41, 5.74) is 8.31. The first-order valence-electron chi connectivity index (χ1n) is 9.78. The summed E-state index contributed by atoms with van der Waals surface area (Å²) >= 11 is 0. The summed E-state index contributed by atoms with van der Waals surface area (Å²) in [7, 11) is 0. The quantitative estimate of drug-likeness (QED) is 0.805. The van der Waals surface area contributed by atoms with Crippen LogP contribution in [0.2, 0.25) is 0 Å². The third-order valence-electron chi connectivity index (χ3n) is 5.89. The monoisotopic (exact) mass is 356 g/mol. The molecule has 1 saturated carbocycles. The van der Waals surface area contributed by atoms with E-state index in [0.29, 0.717) is 30.9 Å². The third-order valence-corrected chi connectivity index (χ3v) is 5.89. The van der Waals surface area contributed by atoms with E-state index in [1.54, 1.807) is 0 Å². The molecule has 1 aliphatic carbocycles. The Hall–Kier alpha value is -1.85. The minimum atomic E-state index is 0.144. The molecule has 0 bridgehead atoms. The molecule has 140 valence electrons. The molecule has 26 heavy (non-hydrogen) atoms. The number of aliphatic hydroxyl groups excluding tert-OH is 1. The van der Waals surface area contributed by atoms with Crippen LogP contribution in [0.3, 0.4) is 0 Å². The van der Waals surface area contributed by atoms with Gasteiger partial charge in [-0.15, -0.1) is 0 Å². The number of fused-ring (bicyclic) bond motifs is 3. The lowest BCUT2D eigenvalue weighted by Gasteiger charge is -2.35. The molecule has 1 fully saturated rings. The van der Waals surface area contributed by atoms with Crippen LogP contribution in [-0.4, -0.2) is 36.0 Å². The average molecular weight is 356 g/mol. The minimum absolute atomic E-state index is 0.144. The van der Waals surface area contributed by atoms with Gasteiger partial charge >= 0.3 is 0 Å². The summed E-state index contributed by atoms with van der Waals surface area (Å²) in [4.78, 5) is 4.54. The van der Waals surface area contributed by atoms with Gasteiger partial charge in [-0.2, -0.15) is 0 Å². The summed E-state index contributed by atoms with van der Waals surface area (Å²) in [5.74, 6) is 3.00. The molecule has 2 aliphatic rings. The molecule has 0 radical (unpaired) electrons. The van der Waals surface area contributed by atoms with E-state index in [9.17, 15) is 0 Å². The van der Waals surface area contributed by atoms with Crippen molar-refractivity contribution in [3.63, 3.8) is 0 Å². The molecule has 2 aromatic rings. The zero-order valence-electron chi connectivity index (χ0n) is 15.2. The van der Waals surface area contributed by atoms with Crippen molar-refractivity contribution in [2.75, 3.05) is 19.8 Å². The molecule has 1 aliphatic heterocycles. The lowest BCUT2D eigenvalue weighted by Crippen LogP contribution is -2.34. The molecule has 1 atom stereocenters. The van der Waals surface area contributed by atoms with E-state index in [0.717, 1.165) is 48.3 Å². The number of hydrogen-bond donors (Lipinski definition) is 2. The molecule has 5 heteroatoms. The molecule has 2 heterocycles. The second kappa shape index (κ2) is 7.80. The Morgan fingerprint density at radius 3 is 2.85 bits per heavy atom. The number of rotatable bonds is 5. The predicted molar refractivity (Wildman–Crippen MR) is 102 cm³/mol. The topological polar surface area (TPSA) is 77.6 Å². The lowest BCUT2D eigenvalue weighted by molar-refractivity contribution is 0.139. The van der Waals surface area contributed by atoms with Gasteiger partial charge in [0.05, 0.1) is 24.9 Å². The largest absolute Gasteiger partial charge is 0.493 e. The molecule has 0 spiro atoms. The Morgan fingerprint density at radius 2 is 2.04 bits per heavy atom. The molecule has 3 N–H and O–H groups in total. The highest BCUT2D eigenvalue weighted by Gasteiger charge is 2.31. The normalized spacial score (nSPS) is 25.5. The number of aromatic nitrogens is 1. The first kappa shape index (κ1) is 17.6. The summed E-state index contributed by atoms with van der Waals surface area (Å²) in [6.45, 7) is 1.45. The van der Waals surface area contributed by atoms with Gasteiger partial charge in [-0.1, -0.05) is 0 Å². The van der Waals surface area contributed by atoms with E-state index in [4.69, 9.17) is 20.3 Å². The number of nitrogens with zero attached hydrogens (tertiary/aromatic N) is 1. The zero-order valence-corrected chi connectivity index (χ0v) is 15.2. The first-order chi connectivity index (χ1) is 12.7. The van der Waals surface area contributed by atoms with Gasteiger partial charge in [0.25, 0.3) is 0 Å². The van der Waals surface area contributed by atoms with Gasteiger partial charge in [0.15, 0.2) is 0 Å². The molecule has 1 aromatic heterocycles. The molecule has 1 aromatic carbocycles. The van der Waals surface area contributed by atoms with Gasteiger partial charge in [0.1, 0.15) is 11.5 Å². The van der Waals surface area contributed by atoms with Crippen LogP contribution in [0.1, 0.15) is 37.7 Å². The Bertz CT molecular complexity index is 756. The van der Waals surface area contributed by atoms with E-state index >= 15 is 0 Å². The van der Waals surface area contributed by atoms with Gasteiger partial charge in [-0.3, -0.25) is 4.98 Å². The third kappa shape index (κ3) is 3.64. The second-order valence-electron chi connectivity index (χ2n) is 7.66. The Morgan fingerprint density at radius 1 is 1.19 bits per heavy atom. The maximum absolute atomic E-state index is 8.93. The van der Waals surface area contributed by atoms with Gasteiger partial charge in [0.2, 0.25) is 0 Å². The standard InChI is InChI=1S/C21H28N2O3/c22-16-4-2-14(3-5-16)15-10-19-18-11-17(25-9-1-8-24)6-7-20(18)23-12-21(19)26-13-15/h6-7,11-12,14-16,24H,1-5,8-10,13,22H2. The highest BCUT2D eigenvalue weighted by molar-refractivity contribution is 5.85. The SMILES string of the molecule is NC1CCC(C2COc3cnc4ccc(OCCCO)cc4c3C2)CC1. The van der Waals surface area contributed by atoms with Crippen molar-refractivity contribution in [1.29, 1.82) is 0 Å². The number of ether oxygens (including phenoxy) is 2. The number of pyridine rings is 1. The van der Waals surface area contributed by atoms with E-state index < -0.39 is 0 Å². The fourth-order valence-electron chi connectivity index (χ4n) is 4.32. The van der Waals surface area contributed by atoms with E-state index in [2.05, 4.69) is 11.1 Å². The van der Waals surface area contributed by atoms with Gasteiger partial charge in [0, 0.05) is 35.9 Å². The highest BCUT2D eigenvalue weighted by atomic mass is 16.5. The van der Waals surface area contributed by atoms with Crippen LogP contribution in [0, 0.1) is 11.8 Å². The number of benzene rings is 1. The maximum atomic E-state index is 8.93. The molecule has 0 amide bonds. The lowest BCUT2D eigenvalue weighted by atomic mass is 9.75. The van der Waals surface area contributed by atoms with Gasteiger partial charge < -0.3 is 20.3 Å². The van der Waals surface area contributed by atoms with Crippen LogP contribution in [-0.2, 0) is 6.42 Å². The number of nitrogens with two attached hydrogens (primary N) is 1. The predicted octanol–water partition coefficient (Wildman–Crippen LogP) is 3.06. The van der Waals surface area contributed by atoms with Crippen LogP contribution in [0.15, 0.2) is 24.4 Å². The maximum Gasteiger partial charge on any atom is 0.141 e. The fraction of sp³-hybridized carbons (Fsp3) is 0.571. The van der Waals surface area contributed by atoms with Crippen molar-refractivity contribution in [1.82, 2.24) is 4.98 Å². The van der Waals surface area contributed by atoms with E-state index in [1.165, 1.54) is 18.4 Å². The highest BCUT2D eigenvalue weighted by Crippen LogP contribution is 2.39. The van der Waals surface area contributed by atoms with E-state index in [-0.39, 0.29) is 6.61 Å². The summed E-state index contributed by atoms with van der Waals surface area (Å²) in [6.07, 6.45) is 8.22. The van der Waals surface area contributed by atoms with Gasteiger partial charge in [-0.05, 0) is 56.2 Å². The van der Waals surface area contributed by atoms with Crippen molar-refractivity contribution >= 4 is 10.9 Å².